The third-order valence-electron chi connectivity index (χ3n) is 11.6. The van der Waals surface area contributed by atoms with Gasteiger partial charge in [-0.15, -0.1) is 0 Å². The molecule has 56 heavy (non-hydrogen) atoms. The van der Waals surface area contributed by atoms with E-state index in [1.807, 2.05) is 79.0 Å². The van der Waals surface area contributed by atoms with Crippen molar-refractivity contribution in [2.24, 2.45) is 0 Å². The van der Waals surface area contributed by atoms with Gasteiger partial charge in [-0.2, -0.15) is 0 Å². The molecule has 4 aliphatic rings. The van der Waals surface area contributed by atoms with Crippen LogP contribution in [-0.4, -0.2) is 169 Å². The second-order valence-electron chi connectivity index (χ2n) is 15.8. The van der Waals surface area contributed by atoms with E-state index >= 15 is 0 Å². The van der Waals surface area contributed by atoms with Gasteiger partial charge in [0.25, 0.3) is 5.91 Å². The second kappa shape index (κ2) is 19.6. The maximum absolute atomic E-state index is 14.2. The number of urea groups is 1. The summed E-state index contributed by atoms with van der Waals surface area (Å²) in [7, 11) is 3.90. The molecule has 3 saturated heterocycles. The number of fused-ring (bicyclic) bond motifs is 1. The third kappa shape index (κ3) is 10.9. The number of likely N-dealkylation sites (N-methyl/N-ethyl adjacent to an activating group) is 1. The number of nitrogens with one attached hydrogen (secondary N) is 1. The average Bonchev–Trinajstić information content (AvgIpc) is 3.34. The maximum Gasteiger partial charge on any atom is 0.410 e. The molecule has 0 aromatic heterocycles. The van der Waals surface area contributed by atoms with Crippen LogP contribution in [0.25, 0.3) is 0 Å². The van der Waals surface area contributed by atoms with Crippen LogP contribution in [0.4, 0.5) is 15.3 Å². The zero-order chi connectivity index (χ0) is 39.1. The number of hydrogen-bond acceptors (Lipinski definition) is 10. The van der Waals surface area contributed by atoms with Gasteiger partial charge in [0.1, 0.15) is 12.4 Å². The SMILES string of the molecule is C.Cc1cc(C[C@@H](OC(=O)N2CCC(N3CCc4ccccc4NC3=O)CC2)C(=O)N2CCN(C3CCN(CC(=O)OCCN(C)C)CC3)CC2)cc(C)c1O. The summed E-state index contributed by atoms with van der Waals surface area (Å²) in [5.41, 5.74) is 4.19. The smallest absolute Gasteiger partial charge is 0.410 e. The molecule has 2 aromatic rings. The molecule has 3 fully saturated rings. The molecule has 308 valence electrons. The van der Waals surface area contributed by atoms with Crippen LogP contribution in [0.15, 0.2) is 36.4 Å². The molecule has 0 radical (unpaired) electrons. The number of hydrogen-bond donors (Lipinski definition) is 2. The Balaban J connectivity index is 0.00000600. The Morgan fingerprint density at radius 2 is 1.52 bits per heavy atom. The van der Waals surface area contributed by atoms with Gasteiger partial charge in [-0.3, -0.25) is 19.4 Å². The number of ether oxygens (including phenoxy) is 2. The Bertz CT molecular complexity index is 1640. The largest absolute Gasteiger partial charge is 0.507 e. The number of aromatic hydroxyl groups is 1. The molecule has 0 unspecified atom stereocenters. The van der Waals surface area contributed by atoms with E-state index < -0.39 is 12.2 Å². The molecular weight excluding hydrogens is 715 g/mol. The molecular formula is C42H63N7O7. The second-order valence-corrected chi connectivity index (χ2v) is 15.8. The van der Waals surface area contributed by atoms with E-state index in [9.17, 15) is 24.3 Å². The number of piperazine rings is 1. The van der Waals surface area contributed by atoms with Crippen molar-refractivity contribution in [2.45, 2.75) is 78.0 Å². The van der Waals surface area contributed by atoms with Crippen molar-refractivity contribution in [1.82, 2.24) is 29.4 Å². The van der Waals surface area contributed by atoms with Crippen LogP contribution in [-0.2, 0) is 31.9 Å². The van der Waals surface area contributed by atoms with Gasteiger partial charge < -0.3 is 39.5 Å². The first-order valence-corrected chi connectivity index (χ1v) is 19.9. The number of carbonyl (C=O) groups excluding carboxylic acids is 4. The van der Waals surface area contributed by atoms with Gasteiger partial charge in [-0.25, -0.2) is 9.59 Å². The first-order chi connectivity index (χ1) is 26.4. The Morgan fingerprint density at radius 1 is 0.875 bits per heavy atom. The number of rotatable bonds is 11. The number of benzene rings is 2. The predicted octanol–water partition coefficient (Wildman–Crippen LogP) is 3.96. The van der Waals surface area contributed by atoms with E-state index in [1.165, 1.54) is 0 Å². The number of para-hydroxylation sites is 1. The lowest BCUT2D eigenvalue weighted by molar-refractivity contribution is -0.145. The van der Waals surface area contributed by atoms with Crippen LogP contribution in [0.2, 0.25) is 0 Å². The number of phenols is 1. The molecule has 4 aliphatic heterocycles. The molecule has 6 rings (SSSR count). The number of aryl methyl sites for hydroxylation is 2. The Morgan fingerprint density at radius 3 is 2.18 bits per heavy atom. The lowest BCUT2D eigenvalue weighted by Gasteiger charge is -2.43. The molecule has 14 nitrogen and oxygen atoms in total. The Kier molecular flexibility index (Phi) is 15.0. The third-order valence-corrected chi connectivity index (χ3v) is 11.6. The number of likely N-dealkylation sites (tertiary alicyclic amines) is 2. The highest BCUT2D eigenvalue weighted by Gasteiger charge is 2.36. The zero-order valence-corrected chi connectivity index (χ0v) is 33.0. The van der Waals surface area contributed by atoms with Crippen molar-refractivity contribution in [3.05, 3.63) is 58.7 Å². The molecule has 14 heteroatoms. The van der Waals surface area contributed by atoms with E-state index in [-0.39, 0.29) is 43.5 Å². The lowest BCUT2D eigenvalue weighted by atomic mass is 10.00. The number of anilines is 1. The van der Waals surface area contributed by atoms with Gasteiger partial charge in [0.05, 0.1) is 6.54 Å². The first-order valence-electron chi connectivity index (χ1n) is 19.9. The van der Waals surface area contributed by atoms with Gasteiger partial charge in [0.15, 0.2) is 6.10 Å². The summed E-state index contributed by atoms with van der Waals surface area (Å²) in [5.74, 6) is -0.177. The van der Waals surface area contributed by atoms with Crippen LogP contribution in [0.5, 0.6) is 5.75 Å². The van der Waals surface area contributed by atoms with Crippen molar-refractivity contribution >= 4 is 29.7 Å². The van der Waals surface area contributed by atoms with E-state index in [1.54, 1.807) is 4.90 Å². The van der Waals surface area contributed by atoms with Crippen molar-refractivity contribution < 1.29 is 33.8 Å². The fourth-order valence-corrected chi connectivity index (χ4v) is 8.38. The molecule has 4 amide bonds. The summed E-state index contributed by atoms with van der Waals surface area (Å²) in [5, 5.41) is 13.4. The molecule has 1 atom stereocenters. The van der Waals surface area contributed by atoms with Crippen molar-refractivity contribution in [2.75, 3.05) is 98.0 Å². The minimum atomic E-state index is -1.02. The van der Waals surface area contributed by atoms with Crippen LogP contribution in [0.3, 0.4) is 0 Å². The van der Waals surface area contributed by atoms with E-state index in [2.05, 4.69) is 15.1 Å². The van der Waals surface area contributed by atoms with Crippen molar-refractivity contribution in [3.63, 3.8) is 0 Å². The fraction of sp³-hybridized carbons (Fsp3) is 0.619. The van der Waals surface area contributed by atoms with Crippen LogP contribution in [0.1, 0.15) is 55.4 Å². The fourth-order valence-electron chi connectivity index (χ4n) is 8.38. The summed E-state index contributed by atoms with van der Waals surface area (Å²) < 4.78 is 11.5. The average molecular weight is 778 g/mol. The van der Waals surface area contributed by atoms with Crippen molar-refractivity contribution in [3.8, 4) is 5.75 Å². The van der Waals surface area contributed by atoms with E-state index in [0.717, 1.165) is 62.3 Å². The summed E-state index contributed by atoms with van der Waals surface area (Å²) in [4.78, 5) is 65.3. The summed E-state index contributed by atoms with van der Waals surface area (Å²) >= 11 is 0. The first kappa shape index (κ1) is 42.7. The molecule has 2 aromatic carbocycles. The predicted molar refractivity (Wildman–Crippen MR) is 216 cm³/mol. The molecule has 0 spiro atoms. The molecule has 4 heterocycles. The van der Waals surface area contributed by atoms with Crippen LogP contribution < -0.4 is 5.32 Å². The number of amides is 4. The summed E-state index contributed by atoms with van der Waals surface area (Å²) in [6.45, 7) is 10.7. The van der Waals surface area contributed by atoms with Gasteiger partial charge in [-0.05, 0) is 88.4 Å². The van der Waals surface area contributed by atoms with Gasteiger partial charge in [0.2, 0.25) is 0 Å². The van der Waals surface area contributed by atoms with E-state index in [4.69, 9.17) is 9.47 Å². The van der Waals surface area contributed by atoms with E-state index in [0.29, 0.717) is 82.4 Å². The number of nitrogens with zero attached hydrogens (tertiary/aromatic N) is 6. The number of piperidine rings is 2. The van der Waals surface area contributed by atoms with Crippen LogP contribution >= 0.6 is 0 Å². The molecule has 2 N–H and O–H groups in total. The van der Waals surface area contributed by atoms with Gasteiger partial charge >= 0.3 is 18.1 Å². The van der Waals surface area contributed by atoms with Crippen LogP contribution in [0, 0.1) is 13.8 Å². The highest BCUT2D eigenvalue weighted by atomic mass is 16.6. The topological polar surface area (TPSA) is 138 Å². The summed E-state index contributed by atoms with van der Waals surface area (Å²) in [6.07, 6.45) is 2.57. The Labute approximate surface area is 332 Å². The normalized spacial score (nSPS) is 19.4. The minimum Gasteiger partial charge on any atom is -0.507 e. The highest BCUT2D eigenvalue weighted by molar-refractivity contribution is 5.91. The number of esters is 1. The van der Waals surface area contributed by atoms with Gasteiger partial charge in [0, 0.05) is 89.6 Å². The quantitative estimate of drug-likeness (QED) is 0.323. The van der Waals surface area contributed by atoms with Crippen molar-refractivity contribution in [1.29, 1.82) is 0 Å². The summed E-state index contributed by atoms with van der Waals surface area (Å²) in [6, 6.07) is 11.8. The maximum atomic E-state index is 14.2. The number of phenolic OH excluding ortho intramolecular Hbond substituents is 1. The van der Waals surface area contributed by atoms with Gasteiger partial charge in [-0.1, -0.05) is 37.8 Å². The standard InChI is InChI=1S/C41H59N7O7.CH4/c1-29-25-31(26-30(2)38(29)50)27-36(55-41(53)47-16-12-34(13-17-47)48-18-9-32-7-5-6-8-35(32)42-40(48)52)39(51)46-21-19-45(20-22-46)33-10-14-44(15-11-33)28-37(49)54-24-23-43(3)4;/h5-8,25-26,33-34,36,50H,9-24,27-28H2,1-4H3,(H,42,52);1H4/t36-;/m1./s1. The molecule has 0 aliphatic carbocycles. The molecule has 0 saturated carbocycles. The monoisotopic (exact) mass is 777 g/mol. The highest BCUT2D eigenvalue weighted by Crippen LogP contribution is 2.27. The Hall–Kier alpha value is -4.40. The number of carbonyl (C=O) groups is 4. The lowest BCUT2D eigenvalue weighted by Crippen LogP contribution is -2.57. The minimum absolute atomic E-state index is 0. The molecule has 0 bridgehead atoms. The zero-order valence-electron chi connectivity index (χ0n) is 33.0.